The van der Waals surface area contributed by atoms with Crippen molar-refractivity contribution in [1.82, 2.24) is 5.32 Å². The van der Waals surface area contributed by atoms with Crippen molar-refractivity contribution in [3.8, 4) is 5.75 Å². The first-order valence-electron chi connectivity index (χ1n) is 6.23. The monoisotopic (exact) mass is 236 g/mol. The van der Waals surface area contributed by atoms with E-state index in [2.05, 4.69) is 30.5 Å². The van der Waals surface area contributed by atoms with Crippen molar-refractivity contribution in [2.24, 2.45) is 0 Å². The lowest BCUT2D eigenvalue weighted by Crippen LogP contribution is -2.10. The maximum absolute atomic E-state index is 5.30. The topological polar surface area (TPSA) is 33.3 Å². The number of rotatable bonds is 7. The highest BCUT2D eigenvalue weighted by atomic mass is 16.5. The molecule has 0 aliphatic rings. The predicted octanol–water partition coefficient (Wildman–Crippen LogP) is 2.72. The smallest absolute Gasteiger partial charge is 0.122 e. The standard InChI is InChI=1S/C14H24N2O/c1-11-12(2)14(17-4)8-7-13(11)16-10-6-5-9-15-3/h7-8,15-16H,5-6,9-10H2,1-4H3. The van der Waals surface area contributed by atoms with Gasteiger partial charge in [-0.05, 0) is 63.5 Å². The third-order valence-corrected chi connectivity index (χ3v) is 3.13. The normalized spacial score (nSPS) is 10.4. The van der Waals surface area contributed by atoms with Gasteiger partial charge >= 0.3 is 0 Å². The first-order valence-corrected chi connectivity index (χ1v) is 6.23. The summed E-state index contributed by atoms with van der Waals surface area (Å²) in [6.07, 6.45) is 2.39. The molecular weight excluding hydrogens is 212 g/mol. The molecule has 0 atom stereocenters. The summed E-state index contributed by atoms with van der Waals surface area (Å²) in [4.78, 5) is 0. The van der Waals surface area contributed by atoms with Crippen LogP contribution >= 0.6 is 0 Å². The van der Waals surface area contributed by atoms with Gasteiger partial charge in [0, 0.05) is 12.2 Å². The molecule has 3 heteroatoms. The lowest BCUT2D eigenvalue weighted by molar-refractivity contribution is 0.411. The van der Waals surface area contributed by atoms with Gasteiger partial charge in [-0.25, -0.2) is 0 Å². The van der Waals surface area contributed by atoms with E-state index in [1.807, 2.05) is 13.1 Å². The van der Waals surface area contributed by atoms with E-state index in [9.17, 15) is 0 Å². The Morgan fingerprint density at radius 3 is 2.41 bits per heavy atom. The Balaban J connectivity index is 2.51. The lowest BCUT2D eigenvalue weighted by atomic mass is 10.1. The van der Waals surface area contributed by atoms with E-state index in [4.69, 9.17) is 4.74 Å². The average Bonchev–Trinajstić information content (AvgIpc) is 2.34. The fourth-order valence-corrected chi connectivity index (χ4v) is 1.86. The summed E-state index contributed by atoms with van der Waals surface area (Å²) in [5.41, 5.74) is 3.71. The predicted molar refractivity (Wildman–Crippen MR) is 74.1 cm³/mol. The number of anilines is 1. The Hall–Kier alpha value is -1.22. The van der Waals surface area contributed by atoms with Crippen molar-refractivity contribution in [3.05, 3.63) is 23.3 Å². The minimum atomic E-state index is 0.961. The number of benzene rings is 1. The summed E-state index contributed by atoms with van der Waals surface area (Å²) in [7, 11) is 3.71. The molecule has 0 aromatic heterocycles. The molecule has 17 heavy (non-hydrogen) atoms. The van der Waals surface area contributed by atoms with Crippen LogP contribution in [-0.2, 0) is 0 Å². The molecule has 0 spiro atoms. The van der Waals surface area contributed by atoms with Gasteiger partial charge in [0.15, 0.2) is 0 Å². The lowest BCUT2D eigenvalue weighted by Gasteiger charge is -2.14. The van der Waals surface area contributed by atoms with Gasteiger partial charge in [-0.2, -0.15) is 0 Å². The van der Waals surface area contributed by atoms with Crippen molar-refractivity contribution in [2.75, 3.05) is 32.6 Å². The molecule has 0 saturated carbocycles. The van der Waals surface area contributed by atoms with Crippen LogP contribution in [0.5, 0.6) is 5.75 Å². The molecule has 2 N–H and O–H groups in total. The minimum absolute atomic E-state index is 0.961. The summed E-state index contributed by atoms with van der Waals surface area (Å²) in [6.45, 7) is 6.34. The molecule has 0 saturated heterocycles. The van der Waals surface area contributed by atoms with E-state index >= 15 is 0 Å². The van der Waals surface area contributed by atoms with Crippen LogP contribution in [0.3, 0.4) is 0 Å². The van der Waals surface area contributed by atoms with Crippen LogP contribution in [0.2, 0.25) is 0 Å². The van der Waals surface area contributed by atoms with Gasteiger partial charge in [0.1, 0.15) is 5.75 Å². The van der Waals surface area contributed by atoms with Gasteiger partial charge in [-0.15, -0.1) is 0 Å². The summed E-state index contributed by atoms with van der Waals surface area (Å²) < 4.78 is 5.30. The molecule has 3 nitrogen and oxygen atoms in total. The largest absolute Gasteiger partial charge is 0.496 e. The van der Waals surface area contributed by atoms with Crippen LogP contribution in [0.1, 0.15) is 24.0 Å². The Morgan fingerprint density at radius 1 is 1.06 bits per heavy atom. The zero-order valence-corrected chi connectivity index (χ0v) is 11.4. The molecule has 0 aliphatic heterocycles. The summed E-state index contributed by atoms with van der Waals surface area (Å²) in [6, 6.07) is 4.12. The first-order chi connectivity index (χ1) is 8.20. The quantitative estimate of drug-likeness (QED) is 0.714. The van der Waals surface area contributed by atoms with Gasteiger partial charge in [0.25, 0.3) is 0 Å². The van der Waals surface area contributed by atoms with E-state index in [-0.39, 0.29) is 0 Å². The van der Waals surface area contributed by atoms with Gasteiger partial charge in [-0.1, -0.05) is 0 Å². The summed E-state index contributed by atoms with van der Waals surface area (Å²) in [5, 5.41) is 6.64. The van der Waals surface area contributed by atoms with Gasteiger partial charge in [0.05, 0.1) is 7.11 Å². The molecule has 1 rings (SSSR count). The summed E-state index contributed by atoms with van der Waals surface area (Å²) in [5.74, 6) is 0.961. The number of nitrogens with one attached hydrogen (secondary N) is 2. The van der Waals surface area contributed by atoms with E-state index in [1.54, 1.807) is 7.11 Å². The van der Waals surface area contributed by atoms with Crippen LogP contribution in [0.25, 0.3) is 0 Å². The minimum Gasteiger partial charge on any atom is -0.496 e. The number of unbranched alkanes of at least 4 members (excludes halogenated alkanes) is 1. The summed E-state index contributed by atoms with van der Waals surface area (Å²) >= 11 is 0. The number of methoxy groups -OCH3 is 1. The number of hydrogen-bond donors (Lipinski definition) is 2. The Labute approximate surface area is 105 Å². The van der Waals surface area contributed by atoms with Gasteiger partial charge in [0.2, 0.25) is 0 Å². The molecule has 96 valence electrons. The molecule has 0 fully saturated rings. The molecule has 0 bridgehead atoms. The SMILES string of the molecule is CNCCCCNc1ccc(OC)c(C)c1C. The third-order valence-electron chi connectivity index (χ3n) is 3.13. The first kappa shape index (κ1) is 13.8. The molecule has 0 heterocycles. The van der Waals surface area contributed by atoms with E-state index < -0.39 is 0 Å². The number of ether oxygens (including phenoxy) is 1. The van der Waals surface area contributed by atoms with Crippen molar-refractivity contribution in [1.29, 1.82) is 0 Å². The van der Waals surface area contributed by atoms with Crippen molar-refractivity contribution >= 4 is 5.69 Å². The molecule has 0 aliphatic carbocycles. The highest BCUT2D eigenvalue weighted by Crippen LogP contribution is 2.27. The fraction of sp³-hybridized carbons (Fsp3) is 0.571. The second-order valence-corrected chi connectivity index (χ2v) is 4.30. The van der Waals surface area contributed by atoms with Crippen LogP contribution in [0, 0.1) is 13.8 Å². The highest BCUT2D eigenvalue weighted by molar-refractivity contribution is 5.58. The van der Waals surface area contributed by atoms with E-state index in [0.717, 1.165) is 18.8 Å². The van der Waals surface area contributed by atoms with Gasteiger partial charge < -0.3 is 15.4 Å². The average molecular weight is 236 g/mol. The Kier molecular flexibility index (Phi) is 5.84. The molecule has 0 unspecified atom stereocenters. The van der Waals surface area contributed by atoms with Crippen molar-refractivity contribution in [3.63, 3.8) is 0 Å². The Bertz CT molecular complexity index is 350. The fourth-order valence-electron chi connectivity index (χ4n) is 1.86. The molecule has 1 aromatic carbocycles. The van der Waals surface area contributed by atoms with Crippen LogP contribution in [0.4, 0.5) is 5.69 Å². The maximum atomic E-state index is 5.30. The molecular formula is C14H24N2O. The van der Waals surface area contributed by atoms with Crippen molar-refractivity contribution in [2.45, 2.75) is 26.7 Å². The highest BCUT2D eigenvalue weighted by Gasteiger charge is 2.05. The number of hydrogen-bond acceptors (Lipinski definition) is 3. The van der Waals surface area contributed by atoms with Gasteiger partial charge in [-0.3, -0.25) is 0 Å². The molecule has 0 radical (unpaired) electrons. The van der Waals surface area contributed by atoms with Crippen molar-refractivity contribution < 1.29 is 4.74 Å². The second-order valence-electron chi connectivity index (χ2n) is 4.30. The third kappa shape index (κ3) is 3.93. The van der Waals surface area contributed by atoms with Crippen LogP contribution in [0.15, 0.2) is 12.1 Å². The molecule has 0 amide bonds. The van der Waals surface area contributed by atoms with E-state index in [1.165, 1.54) is 29.7 Å². The molecule has 1 aromatic rings. The van der Waals surface area contributed by atoms with Crippen LogP contribution < -0.4 is 15.4 Å². The second kappa shape index (κ2) is 7.17. The Morgan fingerprint density at radius 2 is 1.76 bits per heavy atom. The van der Waals surface area contributed by atoms with E-state index in [0.29, 0.717) is 0 Å². The zero-order valence-electron chi connectivity index (χ0n) is 11.4. The zero-order chi connectivity index (χ0) is 12.7. The van der Waals surface area contributed by atoms with Crippen LogP contribution in [-0.4, -0.2) is 27.2 Å². The maximum Gasteiger partial charge on any atom is 0.122 e.